The number of carbonyl (C=O) groups is 1. The number of thioether (sulfide) groups is 1. The second-order valence-corrected chi connectivity index (χ2v) is 8.28. The molecule has 3 rings (SSSR count). The van der Waals surface area contributed by atoms with Crippen LogP contribution in [0.1, 0.15) is 12.8 Å². The van der Waals surface area contributed by atoms with Crippen LogP contribution in [0.3, 0.4) is 0 Å². The molecule has 0 aromatic rings. The Morgan fingerprint density at radius 1 is 1.41 bits per heavy atom. The van der Waals surface area contributed by atoms with Crippen LogP contribution in [-0.4, -0.2) is 54.2 Å². The molecule has 2 saturated heterocycles. The van der Waals surface area contributed by atoms with Gasteiger partial charge in [-0.1, -0.05) is 11.8 Å². The molecule has 2 atom stereocenters. The Morgan fingerprint density at radius 3 is 2.71 bits per heavy atom. The summed E-state index contributed by atoms with van der Waals surface area (Å²) in [6.07, 6.45) is 1.90. The number of carbonyl (C=O) groups excluding carboxylic acids is 1. The van der Waals surface area contributed by atoms with Gasteiger partial charge in [0.15, 0.2) is 15.0 Å². The number of nitrogens with zero attached hydrogens (tertiary/aromatic N) is 2. The van der Waals surface area contributed by atoms with Gasteiger partial charge in [0.05, 0.1) is 17.5 Å². The van der Waals surface area contributed by atoms with Crippen molar-refractivity contribution in [3.05, 3.63) is 0 Å². The number of aliphatic imine (C=N–C) groups is 1. The van der Waals surface area contributed by atoms with Crippen molar-refractivity contribution < 1.29 is 13.2 Å². The maximum Gasteiger partial charge on any atom is 0.251 e. The van der Waals surface area contributed by atoms with Crippen molar-refractivity contribution in [1.82, 2.24) is 4.90 Å². The van der Waals surface area contributed by atoms with Crippen LogP contribution in [0.15, 0.2) is 4.99 Å². The van der Waals surface area contributed by atoms with E-state index < -0.39 is 9.84 Å². The molecule has 0 aromatic carbocycles. The first-order chi connectivity index (χ1) is 7.96. The second kappa shape index (κ2) is 3.71. The predicted octanol–water partition coefficient (Wildman–Crippen LogP) is 0.123. The highest BCUT2D eigenvalue weighted by atomic mass is 32.2. The molecule has 1 aliphatic carbocycles. The number of amides is 1. The summed E-state index contributed by atoms with van der Waals surface area (Å²) >= 11 is 1.44. The molecule has 0 unspecified atom stereocenters. The maximum absolute atomic E-state index is 11.6. The van der Waals surface area contributed by atoms with Gasteiger partial charge in [-0.25, -0.2) is 8.42 Å². The Morgan fingerprint density at radius 2 is 2.12 bits per heavy atom. The van der Waals surface area contributed by atoms with Gasteiger partial charge in [0, 0.05) is 18.2 Å². The highest BCUT2D eigenvalue weighted by Crippen LogP contribution is 2.38. The van der Waals surface area contributed by atoms with Gasteiger partial charge in [-0.05, 0) is 12.8 Å². The quantitative estimate of drug-likeness (QED) is 0.679. The van der Waals surface area contributed by atoms with E-state index in [2.05, 4.69) is 4.99 Å². The lowest BCUT2D eigenvalue weighted by Crippen LogP contribution is -2.34. The van der Waals surface area contributed by atoms with Crippen molar-refractivity contribution >= 4 is 32.7 Å². The lowest BCUT2D eigenvalue weighted by atomic mass is 10.2. The van der Waals surface area contributed by atoms with Crippen LogP contribution >= 0.6 is 11.8 Å². The Kier molecular flexibility index (Phi) is 2.52. The van der Waals surface area contributed by atoms with Gasteiger partial charge >= 0.3 is 0 Å². The van der Waals surface area contributed by atoms with Crippen molar-refractivity contribution in [3.63, 3.8) is 0 Å². The molecule has 1 amide bonds. The van der Waals surface area contributed by atoms with Crippen LogP contribution in [0.2, 0.25) is 0 Å². The van der Waals surface area contributed by atoms with E-state index in [1.165, 1.54) is 11.8 Å². The summed E-state index contributed by atoms with van der Waals surface area (Å²) in [5, 5.41) is 0.752. The second-order valence-electron chi connectivity index (χ2n) is 4.92. The highest BCUT2D eigenvalue weighted by molar-refractivity contribution is 8.15. The Bertz CT molecular complexity index is 496. The molecule has 0 aromatic heterocycles. The van der Waals surface area contributed by atoms with E-state index in [0.29, 0.717) is 5.17 Å². The van der Waals surface area contributed by atoms with E-state index in [9.17, 15) is 13.2 Å². The van der Waals surface area contributed by atoms with Gasteiger partial charge in [0.2, 0.25) is 0 Å². The normalized spacial score (nSPS) is 37.5. The van der Waals surface area contributed by atoms with Crippen molar-refractivity contribution in [2.75, 3.05) is 18.6 Å². The Hall–Kier alpha value is -0.560. The zero-order chi connectivity index (χ0) is 12.2. The number of rotatable bonds is 1. The minimum Gasteiger partial charge on any atom is -0.349 e. The molecule has 3 aliphatic rings. The van der Waals surface area contributed by atoms with Crippen molar-refractivity contribution in [2.45, 2.75) is 24.1 Å². The number of hydrogen-bond donors (Lipinski definition) is 0. The van der Waals surface area contributed by atoms with E-state index in [1.807, 2.05) is 11.9 Å². The molecular weight excluding hydrogens is 260 g/mol. The summed E-state index contributed by atoms with van der Waals surface area (Å²) in [6, 6.07) is -0.00393. The minimum absolute atomic E-state index is 0.00393. The van der Waals surface area contributed by atoms with Crippen LogP contribution in [0, 0.1) is 5.92 Å². The monoisotopic (exact) mass is 274 g/mol. The van der Waals surface area contributed by atoms with Crippen molar-refractivity contribution in [3.8, 4) is 0 Å². The van der Waals surface area contributed by atoms with Crippen molar-refractivity contribution in [2.24, 2.45) is 10.9 Å². The highest BCUT2D eigenvalue weighted by Gasteiger charge is 2.47. The maximum atomic E-state index is 11.6. The third-order valence-corrected chi connectivity index (χ3v) is 6.76. The molecule has 0 N–H and O–H groups in total. The molecule has 2 aliphatic heterocycles. The average molecular weight is 274 g/mol. The van der Waals surface area contributed by atoms with E-state index in [4.69, 9.17) is 0 Å². The van der Waals surface area contributed by atoms with Gasteiger partial charge < -0.3 is 4.90 Å². The fourth-order valence-electron chi connectivity index (χ4n) is 2.25. The fourth-order valence-corrected chi connectivity index (χ4v) is 6.25. The first kappa shape index (κ1) is 11.5. The summed E-state index contributed by atoms with van der Waals surface area (Å²) in [5.74, 6) is 0.490. The van der Waals surface area contributed by atoms with E-state index in [-0.39, 0.29) is 34.6 Å². The SMILES string of the molecule is CN1C(=NC(=O)C2CC2)S[C@@H]2CS(=O)(=O)C[C@H]21. The van der Waals surface area contributed by atoms with Gasteiger partial charge in [0.1, 0.15) is 0 Å². The first-order valence-electron chi connectivity index (χ1n) is 5.69. The molecule has 0 spiro atoms. The molecular formula is C10H14N2O3S2. The largest absolute Gasteiger partial charge is 0.349 e. The molecule has 3 fully saturated rings. The average Bonchev–Trinajstić information content (AvgIpc) is 2.98. The first-order valence-corrected chi connectivity index (χ1v) is 8.39. The zero-order valence-electron chi connectivity index (χ0n) is 9.50. The van der Waals surface area contributed by atoms with E-state index in [1.54, 1.807) is 0 Å². The molecule has 5 nitrogen and oxygen atoms in total. The molecule has 0 bridgehead atoms. The van der Waals surface area contributed by atoms with E-state index >= 15 is 0 Å². The molecule has 17 heavy (non-hydrogen) atoms. The number of sulfone groups is 1. The number of fused-ring (bicyclic) bond motifs is 1. The Balaban J connectivity index is 1.77. The third kappa shape index (κ3) is 2.10. The lowest BCUT2D eigenvalue weighted by molar-refractivity contribution is -0.118. The smallest absolute Gasteiger partial charge is 0.251 e. The van der Waals surface area contributed by atoms with Gasteiger partial charge in [-0.3, -0.25) is 4.79 Å². The summed E-state index contributed by atoms with van der Waals surface area (Å²) in [4.78, 5) is 17.6. The number of hydrogen-bond acceptors (Lipinski definition) is 4. The summed E-state index contributed by atoms with van der Waals surface area (Å²) < 4.78 is 23.0. The number of amidine groups is 1. The standard InChI is InChI=1S/C10H14N2O3S2/c1-12-7-4-17(14,15)5-8(7)16-10(12)11-9(13)6-2-3-6/h6-8H,2-5H2,1H3/t7-,8-/m1/s1. The van der Waals surface area contributed by atoms with Crippen LogP contribution in [-0.2, 0) is 14.6 Å². The van der Waals surface area contributed by atoms with Gasteiger partial charge in [-0.15, -0.1) is 0 Å². The third-order valence-electron chi connectivity index (χ3n) is 3.46. The topological polar surface area (TPSA) is 66.8 Å². The molecule has 1 saturated carbocycles. The molecule has 0 radical (unpaired) electrons. The summed E-state index contributed by atoms with van der Waals surface area (Å²) in [5.41, 5.74) is 0. The molecule has 7 heteroatoms. The molecule has 94 valence electrons. The summed E-state index contributed by atoms with van der Waals surface area (Å²) in [6.45, 7) is 0. The zero-order valence-corrected chi connectivity index (χ0v) is 11.1. The van der Waals surface area contributed by atoms with Crippen LogP contribution in [0.5, 0.6) is 0 Å². The van der Waals surface area contributed by atoms with E-state index in [0.717, 1.165) is 12.8 Å². The van der Waals surface area contributed by atoms with Crippen LogP contribution in [0.4, 0.5) is 0 Å². The van der Waals surface area contributed by atoms with Crippen LogP contribution in [0.25, 0.3) is 0 Å². The van der Waals surface area contributed by atoms with Crippen LogP contribution < -0.4 is 0 Å². The summed E-state index contributed by atoms with van der Waals surface area (Å²) in [7, 11) is -1.07. The predicted molar refractivity (Wildman–Crippen MR) is 66.7 cm³/mol. The molecule has 2 heterocycles. The Labute approximate surface area is 105 Å². The van der Waals surface area contributed by atoms with Crippen molar-refractivity contribution in [1.29, 1.82) is 0 Å². The van der Waals surface area contributed by atoms with Gasteiger partial charge in [0.25, 0.3) is 5.91 Å². The van der Waals surface area contributed by atoms with Gasteiger partial charge in [-0.2, -0.15) is 4.99 Å². The fraction of sp³-hybridized carbons (Fsp3) is 0.800. The minimum atomic E-state index is -2.90. The lowest BCUT2D eigenvalue weighted by Gasteiger charge is -2.17.